The molecule has 0 aliphatic carbocycles. The summed E-state index contributed by atoms with van der Waals surface area (Å²) in [5.41, 5.74) is 0. The van der Waals surface area contributed by atoms with Gasteiger partial charge in [-0.2, -0.15) is 0 Å². The van der Waals surface area contributed by atoms with Crippen LogP contribution in [0, 0.1) is 5.92 Å². The van der Waals surface area contributed by atoms with Gasteiger partial charge in [0.2, 0.25) is 0 Å². The molecule has 0 aromatic heterocycles. The van der Waals surface area contributed by atoms with Crippen molar-refractivity contribution in [3.05, 3.63) is 0 Å². The van der Waals surface area contributed by atoms with Crippen molar-refractivity contribution in [1.82, 2.24) is 0 Å². The lowest BCUT2D eigenvalue weighted by Gasteiger charge is -2.21. The van der Waals surface area contributed by atoms with E-state index in [9.17, 15) is 0 Å². The Morgan fingerprint density at radius 1 is 1.21 bits per heavy atom. The van der Waals surface area contributed by atoms with Gasteiger partial charge in [-0.15, -0.1) is 11.6 Å². The molecule has 1 unspecified atom stereocenters. The highest BCUT2D eigenvalue weighted by molar-refractivity contribution is 6.23. The van der Waals surface area contributed by atoms with E-state index < -0.39 is 0 Å². The highest BCUT2D eigenvalue weighted by Gasteiger charge is 2.17. The van der Waals surface area contributed by atoms with Gasteiger partial charge in [0.1, 0.15) is 0 Å². The molecule has 14 heavy (non-hydrogen) atoms. The minimum atomic E-state index is -0.0934. The third-order valence-electron chi connectivity index (χ3n) is 2.35. The topological polar surface area (TPSA) is 18.5 Å². The maximum atomic E-state index is 6.12. The third-order valence-corrected chi connectivity index (χ3v) is 2.54. The van der Waals surface area contributed by atoms with Gasteiger partial charge in [0.25, 0.3) is 0 Å². The molecule has 0 bridgehead atoms. The van der Waals surface area contributed by atoms with Crippen LogP contribution >= 0.6 is 11.6 Å². The molecule has 2 nitrogen and oxygen atoms in total. The molecule has 1 atom stereocenters. The van der Waals surface area contributed by atoms with Crippen molar-refractivity contribution in [3.8, 4) is 0 Å². The predicted octanol–water partition coefficient (Wildman–Crippen LogP) is 3.43. The fraction of sp³-hybridized carbons (Fsp3) is 1.00. The molecule has 0 aromatic carbocycles. The fourth-order valence-corrected chi connectivity index (χ4v) is 1.43. The maximum Gasteiger partial charge on any atom is 0.157 e. The second-order valence-electron chi connectivity index (χ2n) is 4.50. The molecule has 0 radical (unpaired) electrons. The van der Waals surface area contributed by atoms with Gasteiger partial charge >= 0.3 is 0 Å². The van der Waals surface area contributed by atoms with Crippen LogP contribution < -0.4 is 0 Å². The van der Waals surface area contributed by atoms with Crippen LogP contribution in [0.5, 0.6) is 0 Å². The summed E-state index contributed by atoms with van der Waals surface area (Å²) >= 11 is 6.12. The summed E-state index contributed by atoms with van der Waals surface area (Å²) in [6, 6.07) is 0. The number of hydrogen-bond acceptors (Lipinski definition) is 2. The molecule has 0 aromatic rings. The lowest BCUT2D eigenvalue weighted by atomic mass is 9.96. The van der Waals surface area contributed by atoms with Crippen LogP contribution in [0.2, 0.25) is 0 Å². The Labute approximate surface area is 92.9 Å². The van der Waals surface area contributed by atoms with Gasteiger partial charge in [-0.1, -0.05) is 6.92 Å². The van der Waals surface area contributed by atoms with Crippen LogP contribution in [-0.4, -0.2) is 25.4 Å². The van der Waals surface area contributed by atoms with E-state index in [1.165, 1.54) is 0 Å². The van der Waals surface area contributed by atoms with E-state index in [1.807, 2.05) is 13.8 Å². The van der Waals surface area contributed by atoms with E-state index in [4.69, 9.17) is 21.1 Å². The van der Waals surface area contributed by atoms with E-state index in [2.05, 4.69) is 6.92 Å². The highest BCUT2D eigenvalue weighted by atomic mass is 35.5. The van der Waals surface area contributed by atoms with Crippen LogP contribution in [-0.2, 0) is 9.47 Å². The standard InChI is InChI=1S/C11H23ClO2/c1-9(6-7-11(2,3)12)8-10(13-4)14-5/h9-10H,6-8H2,1-5H3. The molecule has 0 aliphatic rings. The molecule has 0 spiro atoms. The lowest BCUT2D eigenvalue weighted by molar-refractivity contribution is -0.113. The Kier molecular flexibility index (Phi) is 6.75. The van der Waals surface area contributed by atoms with Gasteiger partial charge in [0, 0.05) is 25.5 Å². The minimum Gasteiger partial charge on any atom is -0.356 e. The fourth-order valence-electron chi connectivity index (χ4n) is 1.32. The molecular formula is C11H23ClO2. The molecule has 0 aliphatic heterocycles. The van der Waals surface area contributed by atoms with Crippen LogP contribution in [0.1, 0.15) is 40.0 Å². The first kappa shape index (κ1) is 14.2. The van der Waals surface area contributed by atoms with E-state index in [0.29, 0.717) is 5.92 Å². The third kappa shape index (κ3) is 7.60. The largest absolute Gasteiger partial charge is 0.356 e. The van der Waals surface area contributed by atoms with Crippen molar-refractivity contribution < 1.29 is 9.47 Å². The van der Waals surface area contributed by atoms with Gasteiger partial charge < -0.3 is 9.47 Å². The summed E-state index contributed by atoms with van der Waals surface area (Å²) in [5, 5.41) is 0. The Morgan fingerprint density at radius 3 is 2.07 bits per heavy atom. The van der Waals surface area contributed by atoms with E-state index >= 15 is 0 Å². The summed E-state index contributed by atoms with van der Waals surface area (Å²) in [6.45, 7) is 6.30. The average molecular weight is 223 g/mol. The number of methoxy groups -OCH3 is 2. The average Bonchev–Trinajstić information content (AvgIpc) is 2.09. The summed E-state index contributed by atoms with van der Waals surface area (Å²) in [4.78, 5) is -0.0934. The molecule has 0 heterocycles. The van der Waals surface area contributed by atoms with Gasteiger partial charge in [-0.25, -0.2) is 0 Å². The summed E-state index contributed by atoms with van der Waals surface area (Å²) in [7, 11) is 3.35. The van der Waals surface area contributed by atoms with Crippen molar-refractivity contribution in [3.63, 3.8) is 0 Å². The van der Waals surface area contributed by atoms with E-state index in [-0.39, 0.29) is 11.2 Å². The molecule has 0 fully saturated rings. The second-order valence-corrected chi connectivity index (χ2v) is 5.52. The van der Waals surface area contributed by atoms with E-state index in [0.717, 1.165) is 19.3 Å². The summed E-state index contributed by atoms with van der Waals surface area (Å²) in [5.74, 6) is 0.581. The molecule has 86 valence electrons. The van der Waals surface area contributed by atoms with Gasteiger partial charge in [-0.3, -0.25) is 0 Å². The van der Waals surface area contributed by atoms with Crippen molar-refractivity contribution >= 4 is 11.6 Å². The molecule has 0 N–H and O–H groups in total. The molecular weight excluding hydrogens is 200 g/mol. The van der Waals surface area contributed by atoms with Crippen molar-refractivity contribution in [2.24, 2.45) is 5.92 Å². The Balaban J connectivity index is 3.69. The summed E-state index contributed by atoms with van der Waals surface area (Å²) in [6.07, 6.45) is 2.98. The van der Waals surface area contributed by atoms with Crippen molar-refractivity contribution in [1.29, 1.82) is 0 Å². The molecule has 0 rings (SSSR count). The predicted molar refractivity (Wildman–Crippen MR) is 60.8 cm³/mol. The van der Waals surface area contributed by atoms with Crippen LogP contribution in [0.4, 0.5) is 0 Å². The van der Waals surface area contributed by atoms with Gasteiger partial charge in [-0.05, 0) is 32.6 Å². The molecule has 3 heteroatoms. The first-order valence-corrected chi connectivity index (χ1v) is 5.51. The van der Waals surface area contributed by atoms with Crippen LogP contribution in [0.3, 0.4) is 0 Å². The van der Waals surface area contributed by atoms with Crippen LogP contribution in [0.15, 0.2) is 0 Å². The number of hydrogen-bond donors (Lipinski definition) is 0. The zero-order valence-corrected chi connectivity index (χ0v) is 10.7. The number of alkyl halides is 1. The van der Waals surface area contributed by atoms with Crippen molar-refractivity contribution in [2.45, 2.75) is 51.2 Å². The van der Waals surface area contributed by atoms with Gasteiger partial charge in [0.05, 0.1) is 0 Å². The number of ether oxygens (including phenoxy) is 2. The Morgan fingerprint density at radius 2 is 1.71 bits per heavy atom. The van der Waals surface area contributed by atoms with E-state index in [1.54, 1.807) is 14.2 Å². The highest BCUT2D eigenvalue weighted by Crippen LogP contribution is 2.24. The molecule has 0 saturated carbocycles. The number of rotatable bonds is 7. The first-order valence-electron chi connectivity index (χ1n) is 5.13. The first-order chi connectivity index (χ1) is 6.39. The number of halogens is 1. The van der Waals surface area contributed by atoms with Crippen LogP contribution in [0.25, 0.3) is 0 Å². The summed E-state index contributed by atoms with van der Waals surface area (Å²) < 4.78 is 10.3. The normalized spacial score (nSPS) is 14.8. The smallest absolute Gasteiger partial charge is 0.157 e. The zero-order valence-electron chi connectivity index (χ0n) is 9.97. The minimum absolute atomic E-state index is 0.0802. The zero-order chi connectivity index (χ0) is 11.2. The molecule has 0 amide bonds. The Hall–Kier alpha value is 0.210. The van der Waals surface area contributed by atoms with Gasteiger partial charge in [0.15, 0.2) is 6.29 Å². The lowest BCUT2D eigenvalue weighted by Crippen LogP contribution is -2.18. The SMILES string of the molecule is COC(CC(C)CCC(C)(C)Cl)OC. The molecule has 0 saturated heterocycles. The monoisotopic (exact) mass is 222 g/mol. The van der Waals surface area contributed by atoms with Crippen molar-refractivity contribution in [2.75, 3.05) is 14.2 Å². The Bertz CT molecular complexity index is 139. The quantitative estimate of drug-likeness (QED) is 0.486. The second kappa shape index (κ2) is 6.65. The maximum absolute atomic E-state index is 6.12.